The third-order valence-electron chi connectivity index (χ3n) is 5.78. The number of nitrogens with zero attached hydrogens (tertiary/aromatic N) is 1. The van der Waals surface area contributed by atoms with E-state index in [1.807, 2.05) is 30.3 Å². The third-order valence-corrected chi connectivity index (χ3v) is 7.84. The van der Waals surface area contributed by atoms with E-state index in [-0.39, 0.29) is 17.5 Å². The Morgan fingerprint density at radius 2 is 1.84 bits per heavy atom. The summed E-state index contributed by atoms with van der Waals surface area (Å²) in [6, 6.07) is 14.2. The molecule has 1 fully saturated rings. The van der Waals surface area contributed by atoms with Gasteiger partial charge in [-0.05, 0) is 36.6 Å². The molecule has 1 aliphatic carbocycles. The van der Waals surface area contributed by atoms with Gasteiger partial charge in [-0.3, -0.25) is 9.10 Å². The van der Waals surface area contributed by atoms with Crippen LogP contribution in [0.1, 0.15) is 43.2 Å². The predicted octanol–water partition coefficient (Wildman–Crippen LogP) is 4.88. The van der Waals surface area contributed by atoms with Crippen LogP contribution >= 0.6 is 11.6 Å². The average molecular weight is 457 g/mol. The van der Waals surface area contributed by atoms with Crippen molar-refractivity contribution in [3.8, 4) is 0 Å². The quantitative estimate of drug-likeness (QED) is 0.652. The minimum Gasteiger partial charge on any atom is -0.349 e. The summed E-state index contributed by atoms with van der Waals surface area (Å²) in [6.07, 6.45) is 6.44. The fourth-order valence-corrected chi connectivity index (χ4v) is 6.24. The van der Waals surface area contributed by atoms with Crippen molar-refractivity contribution < 1.29 is 13.2 Å². The van der Waals surface area contributed by atoms with E-state index >= 15 is 0 Å². The van der Waals surface area contributed by atoms with Crippen molar-refractivity contribution in [1.29, 1.82) is 0 Å². The van der Waals surface area contributed by atoms with E-state index in [4.69, 9.17) is 11.6 Å². The van der Waals surface area contributed by atoms with Crippen molar-refractivity contribution in [1.82, 2.24) is 5.32 Å². The number of benzene rings is 2. The molecule has 1 aliphatic heterocycles. The molecule has 1 saturated carbocycles. The minimum atomic E-state index is -4.11. The van der Waals surface area contributed by atoms with Crippen LogP contribution in [0.15, 0.2) is 66.1 Å². The van der Waals surface area contributed by atoms with Crippen molar-refractivity contribution in [2.45, 2.75) is 38.1 Å². The maximum absolute atomic E-state index is 13.7. The monoisotopic (exact) mass is 456 g/mol. The summed E-state index contributed by atoms with van der Waals surface area (Å²) in [5.41, 5.74) is 2.13. The van der Waals surface area contributed by atoms with E-state index in [1.54, 1.807) is 18.2 Å². The van der Waals surface area contributed by atoms with E-state index in [0.29, 0.717) is 27.4 Å². The molecule has 5 nitrogen and oxygen atoms in total. The number of halogens is 1. The highest BCUT2D eigenvalue weighted by molar-refractivity contribution is 7.97. The van der Waals surface area contributed by atoms with Crippen LogP contribution in [0.4, 0.5) is 5.69 Å². The molecule has 1 amide bonds. The third kappa shape index (κ3) is 4.14. The van der Waals surface area contributed by atoms with Gasteiger partial charge in [-0.2, -0.15) is 0 Å². The fourth-order valence-electron chi connectivity index (χ4n) is 4.35. The molecular weight excluding hydrogens is 432 g/mol. The van der Waals surface area contributed by atoms with Crippen LogP contribution in [0.2, 0.25) is 5.02 Å². The fraction of sp³-hybridized carbons (Fsp3) is 0.292. The Balaban J connectivity index is 1.95. The lowest BCUT2D eigenvalue weighted by atomic mass is 9.94. The maximum Gasteiger partial charge on any atom is 0.270 e. The molecule has 0 bridgehead atoms. The minimum absolute atomic E-state index is 0.0189. The van der Waals surface area contributed by atoms with Crippen molar-refractivity contribution in [3.05, 3.63) is 82.2 Å². The first-order chi connectivity index (χ1) is 14.9. The first-order valence-corrected chi connectivity index (χ1v) is 12.3. The number of hydrogen-bond acceptors (Lipinski definition) is 3. The molecule has 1 N–H and O–H groups in total. The number of rotatable bonds is 5. The van der Waals surface area contributed by atoms with E-state index in [2.05, 4.69) is 11.9 Å². The molecule has 162 valence electrons. The van der Waals surface area contributed by atoms with Gasteiger partial charge in [-0.15, -0.1) is 6.58 Å². The number of anilines is 1. The highest BCUT2D eigenvalue weighted by atomic mass is 35.5. The Morgan fingerprint density at radius 1 is 1.13 bits per heavy atom. The molecule has 0 saturated heterocycles. The number of hydrogen-bond donors (Lipinski definition) is 1. The molecule has 0 unspecified atom stereocenters. The van der Waals surface area contributed by atoms with Crippen LogP contribution in [0, 0.1) is 0 Å². The zero-order valence-corrected chi connectivity index (χ0v) is 18.8. The van der Waals surface area contributed by atoms with Gasteiger partial charge in [-0.1, -0.05) is 67.3 Å². The van der Waals surface area contributed by atoms with Crippen LogP contribution in [0.5, 0.6) is 0 Å². The molecule has 1 heterocycles. The summed E-state index contributed by atoms with van der Waals surface area (Å²) in [5, 5.41) is 3.46. The molecule has 0 radical (unpaired) electrons. The van der Waals surface area contributed by atoms with Crippen LogP contribution in [0.3, 0.4) is 0 Å². The Kier molecular flexibility index (Phi) is 6.21. The first kappa shape index (κ1) is 21.7. The van der Waals surface area contributed by atoms with Crippen molar-refractivity contribution >= 4 is 38.8 Å². The molecular formula is C24H25ClN2O3S. The molecule has 2 aromatic carbocycles. The van der Waals surface area contributed by atoms with Gasteiger partial charge < -0.3 is 5.32 Å². The summed E-state index contributed by atoms with van der Waals surface area (Å²) in [7, 11) is -4.11. The number of fused-ring (bicyclic) bond motifs is 1. The Hall–Kier alpha value is -2.57. The summed E-state index contributed by atoms with van der Waals surface area (Å²) >= 11 is 6.30. The van der Waals surface area contributed by atoms with Crippen LogP contribution in [-0.2, 0) is 14.8 Å². The normalized spacial score (nSPS) is 18.4. The molecule has 31 heavy (non-hydrogen) atoms. The van der Waals surface area contributed by atoms with Crippen LogP contribution in [0.25, 0.3) is 5.57 Å². The number of carbonyl (C=O) groups is 1. The van der Waals surface area contributed by atoms with E-state index in [9.17, 15) is 13.2 Å². The molecule has 0 spiro atoms. The van der Waals surface area contributed by atoms with Gasteiger partial charge in [-0.25, -0.2) is 8.42 Å². The second-order valence-electron chi connectivity index (χ2n) is 7.86. The standard InChI is InChI=1S/C24H25ClN2O3S/c1-2-15-27-21-14-13-18(25)16-20(21)22(17-9-5-3-6-10-17)23(31(27,29)30)24(28)26-19-11-7-4-8-12-19/h2-3,5-6,9-10,13-14,16,19H,1,4,7-8,11-12,15H2,(H,26,28). The number of nitrogens with one attached hydrogen (secondary N) is 1. The molecule has 4 rings (SSSR count). The number of carbonyl (C=O) groups excluding carboxylic acids is 1. The zero-order chi connectivity index (χ0) is 22.0. The van der Waals surface area contributed by atoms with Gasteiger partial charge in [0, 0.05) is 22.2 Å². The molecule has 7 heteroatoms. The van der Waals surface area contributed by atoms with Gasteiger partial charge in [0.05, 0.1) is 12.2 Å². The van der Waals surface area contributed by atoms with E-state index < -0.39 is 15.9 Å². The van der Waals surface area contributed by atoms with Gasteiger partial charge in [0.2, 0.25) is 0 Å². The summed E-state index contributed by atoms with van der Waals surface area (Å²) in [6.45, 7) is 3.76. The SMILES string of the molecule is C=CCN1c2ccc(Cl)cc2C(c2ccccc2)=C(C(=O)NC2CCCCC2)S1(=O)=O. The maximum atomic E-state index is 13.7. The van der Waals surface area contributed by atoms with Gasteiger partial charge in [0.1, 0.15) is 0 Å². The second-order valence-corrected chi connectivity index (χ2v) is 10.1. The number of sulfonamides is 1. The topological polar surface area (TPSA) is 66.5 Å². The Morgan fingerprint density at radius 3 is 2.52 bits per heavy atom. The molecule has 2 aliphatic rings. The largest absolute Gasteiger partial charge is 0.349 e. The van der Waals surface area contributed by atoms with Crippen molar-refractivity contribution in [2.24, 2.45) is 0 Å². The van der Waals surface area contributed by atoms with Gasteiger partial charge >= 0.3 is 0 Å². The van der Waals surface area contributed by atoms with E-state index in [0.717, 1.165) is 32.1 Å². The van der Waals surface area contributed by atoms with Crippen molar-refractivity contribution in [3.63, 3.8) is 0 Å². The van der Waals surface area contributed by atoms with Crippen LogP contribution in [-0.4, -0.2) is 26.9 Å². The number of amides is 1. The van der Waals surface area contributed by atoms with Gasteiger partial charge in [0.25, 0.3) is 15.9 Å². The highest BCUT2D eigenvalue weighted by Crippen LogP contribution is 2.43. The van der Waals surface area contributed by atoms with Crippen molar-refractivity contribution in [2.75, 3.05) is 10.8 Å². The second kappa shape index (κ2) is 8.89. The molecule has 2 aromatic rings. The average Bonchev–Trinajstić information content (AvgIpc) is 2.76. The molecule has 0 atom stereocenters. The van der Waals surface area contributed by atoms with Crippen LogP contribution < -0.4 is 9.62 Å². The highest BCUT2D eigenvalue weighted by Gasteiger charge is 2.41. The Labute approximate surface area is 188 Å². The zero-order valence-electron chi connectivity index (χ0n) is 17.2. The first-order valence-electron chi connectivity index (χ1n) is 10.5. The summed E-state index contributed by atoms with van der Waals surface area (Å²) in [5.74, 6) is -0.564. The lowest BCUT2D eigenvalue weighted by molar-refractivity contribution is -0.117. The van der Waals surface area contributed by atoms with Gasteiger partial charge in [0.15, 0.2) is 4.91 Å². The lowest BCUT2D eigenvalue weighted by Gasteiger charge is -2.33. The lowest BCUT2D eigenvalue weighted by Crippen LogP contribution is -2.44. The predicted molar refractivity (Wildman–Crippen MR) is 125 cm³/mol. The summed E-state index contributed by atoms with van der Waals surface area (Å²) < 4.78 is 28.7. The molecule has 0 aromatic heterocycles. The Bertz CT molecular complexity index is 1140. The smallest absolute Gasteiger partial charge is 0.270 e. The van der Waals surface area contributed by atoms with E-state index in [1.165, 1.54) is 10.4 Å². The summed E-state index contributed by atoms with van der Waals surface area (Å²) in [4.78, 5) is 13.2.